The van der Waals surface area contributed by atoms with Gasteiger partial charge in [-0.05, 0) is 30.5 Å². The highest BCUT2D eigenvalue weighted by Gasteiger charge is 2.29. The summed E-state index contributed by atoms with van der Waals surface area (Å²) in [5.74, 6) is -0.380. The van der Waals surface area contributed by atoms with Crippen LogP contribution in [-0.2, 0) is 20.6 Å². The summed E-state index contributed by atoms with van der Waals surface area (Å²) < 4.78 is 14.8. The average molecular weight is 333 g/mol. The molecule has 0 fully saturated rings. The molecule has 1 atom stereocenters. The van der Waals surface area contributed by atoms with Gasteiger partial charge in [-0.1, -0.05) is 18.2 Å². The van der Waals surface area contributed by atoms with E-state index in [1.165, 1.54) is 20.3 Å². The largest absolute Gasteiger partial charge is 0.468 e. The number of esters is 1. The predicted molar refractivity (Wildman–Crippen MR) is 85.7 cm³/mol. The van der Waals surface area contributed by atoms with Crippen molar-refractivity contribution >= 4 is 5.97 Å². The van der Waals surface area contributed by atoms with Crippen molar-refractivity contribution in [3.05, 3.63) is 69.1 Å². The first-order valence-electron chi connectivity index (χ1n) is 7.41. The summed E-state index contributed by atoms with van der Waals surface area (Å²) in [6.07, 6.45) is 4.01. The minimum absolute atomic E-state index is 0.0309. The van der Waals surface area contributed by atoms with Crippen molar-refractivity contribution in [3.8, 4) is 0 Å². The van der Waals surface area contributed by atoms with Gasteiger partial charge in [-0.25, -0.2) is 4.79 Å². The molecule has 0 bridgehead atoms. The number of rotatable bonds is 7. The average Bonchev–Trinajstić information content (AvgIpc) is 2.60. The van der Waals surface area contributed by atoms with Crippen LogP contribution in [0.3, 0.4) is 0 Å². The fourth-order valence-electron chi connectivity index (χ4n) is 2.59. The van der Waals surface area contributed by atoms with Crippen LogP contribution < -0.4 is 0 Å². The molecule has 0 heterocycles. The molecule has 0 N–H and O–H groups in total. The Morgan fingerprint density at radius 1 is 1.33 bits per heavy atom. The SMILES string of the molecule is COCOC1=CCC(Cc2ccccc2C(=O)OC)C([N+](=O)[O-])=C1. The first-order chi connectivity index (χ1) is 11.6. The maximum Gasteiger partial charge on any atom is 0.338 e. The van der Waals surface area contributed by atoms with E-state index in [2.05, 4.69) is 0 Å². The number of allylic oxidation sites excluding steroid dienone is 3. The summed E-state index contributed by atoms with van der Waals surface area (Å²) in [6.45, 7) is 0.0309. The van der Waals surface area contributed by atoms with Crippen molar-refractivity contribution in [3.63, 3.8) is 0 Å². The number of carbonyl (C=O) groups excluding carboxylic acids is 1. The molecule has 1 aliphatic carbocycles. The fraction of sp³-hybridized carbons (Fsp3) is 0.353. The first-order valence-corrected chi connectivity index (χ1v) is 7.41. The molecule has 0 amide bonds. The van der Waals surface area contributed by atoms with Crippen molar-refractivity contribution in [2.24, 2.45) is 5.92 Å². The van der Waals surface area contributed by atoms with E-state index >= 15 is 0 Å². The van der Waals surface area contributed by atoms with Gasteiger partial charge in [0.15, 0.2) is 6.79 Å². The summed E-state index contributed by atoms with van der Waals surface area (Å²) in [4.78, 5) is 22.8. The van der Waals surface area contributed by atoms with Crippen LogP contribution in [0, 0.1) is 16.0 Å². The lowest BCUT2D eigenvalue weighted by Crippen LogP contribution is -2.19. The third-order valence-electron chi connectivity index (χ3n) is 3.76. The van der Waals surface area contributed by atoms with Crippen LogP contribution in [0.2, 0.25) is 0 Å². The summed E-state index contributed by atoms with van der Waals surface area (Å²) in [5.41, 5.74) is 1.20. The molecule has 0 saturated heterocycles. The van der Waals surface area contributed by atoms with E-state index in [0.717, 1.165) is 5.56 Å². The highest BCUT2D eigenvalue weighted by Crippen LogP contribution is 2.29. The Kier molecular flexibility index (Phi) is 6.08. The number of hydrogen-bond acceptors (Lipinski definition) is 6. The van der Waals surface area contributed by atoms with E-state index in [4.69, 9.17) is 14.2 Å². The van der Waals surface area contributed by atoms with E-state index in [9.17, 15) is 14.9 Å². The van der Waals surface area contributed by atoms with Crippen LogP contribution in [0.4, 0.5) is 0 Å². The van der Waals surface area contributed by atoms with Gasteiger partial charge in [-0.3, -0.25) is 10.1 Å². The van der Waals surface area contributed by atoms with Gasteiger partial charge < -0.3 is 14.2 Å². The maximum absolute atomic E-state index is 11.8. The van der Waals surface area contributed by atoms with Gasteiger partial charge in [0.2, 0.25) is 0 Å². The van der Waals surface area contributed by atoms with Crippen molar-refractivity contribution in [2.75, 3.05) is 21.0 Å². The first kappa shape index (κ1) is 17.7. The lowest BCUT2D eigenvalue weighted by atomic mass is 9.88. The number of hydrogen-bond donors (Lipinski definition) is 0. The molecule has 0 saturated carbocycles. The van der Waals surface area contributed by atoms with Gasteiger partial charge in [-0.2, -0.15) is 0 Å². The molecule has 1 aromatic carbocycles. The summed E-state index contributed by atoms with van der Waals surface area (Å²) in [6, 6.07) is 6.97. The third-order valence-corrected chi connectivity index (χ3v) is 3.76. The van der Waals surface area contributed by atoms with Crippen molar-refractivity contribution in [1.29, 1.82) is 0 Å². The van der Waals surface area contributed by atoms with Crippen LogP contribution in [0.25, 0.3) is 0 Å². The van der Waals surface area contributed by atoms with Crippen molar-refractivity contribution in [1.82, 2.24) is 0 Å². The molecule has 7 nitrogen and oxygen atoms in total. The Labute approximate surface area is 139 Å². The smallest absolute Gasteiger partial charge is 0.338 e. The lowest BCUT2D eigenvalue weighted by Gasteiger charge is -2.19. The quantitative estimate of drug-likeness (QED) is 0.330. The third kappa shape index (κ3) is 4.20. The Morgan fingerprint density at radius 2 is 2.08 bits per heavy atom. The van der Waals surface area contributed by atoms with Crippen LogP contribution in [0.15, 0.2) is 47.9 Å². The monoisotopic (exact) mass is 333 g/mol. The van der Waals surface area contributed by atoms with E-state index in [1.54, 1.807) is 30.3 Å². The number of nitrogens with zero attached hydrogens (tertiary/aromatic N) is 1. The minimum Gasteiger partial charge on any atom is -0.468 e. The van der Waals surface area contributed by atoms with Gasteiger partial charge in [0, 0.05) is 7.11 Å². The molecular formula is C17H19NO6. The van der Waals surface area contributed by atoms with E-state index in [1.807, 2.05) is 0 Å². The Morgan fingerprint density at radius 3 is 2.75 bits per heavy atom. The van der Waals surface area contributed by atoms with Crippen LogP contribution >= 0.6 is 0 Å². The Balaban J connectivity index is 2.22. The topological polar surface area (TPSA) is 87.9 Å². The standard InChI is InChI=1S/C17H19NO6/c1-22-11-24-14-8-7-13(16(10-14)18(20)21)9-12-5-3-4-6-15(12)17(19)23-2/h3-6,8,10,13H,7,9,11H2,1-2H3. The zero-order valence-corrected chi connectivity index (χ0v) is 13.6. The van der Waals surface area contributed by atoms with E-state index in [0.29, 0.717) is 24.2 Å². The molecule has 7 heteroatoms. The summed E-state index contributed by atoms with van der Waals surface area (Å²) in [7, 11) is 2.79. The zero-order valence-electron chi connectivity index (χ0n) is 13.6. The summed E-state index contributed by atoms with van der Waals surface area (Å²) in [5, 5.41) is 11.4. The second kappa shape index (κ2) is 8.26. The highest BCUT2D eigenvalue weighted by molar-refractivity contribution is 5.91. The second-order valence-corrected chi connectivity index (χ2v) is 5.27. The van der Waals surface area contributed by atoms with E-state index < -0.39 is 10.9 Å². The highest BCUT2D eigenvalue weighted by atomic mass is 16.7. The number of ether oxygens (including phenoxy) is 3. The molecule has 2 rings (SSSR count). The predicted octanol–water partition coefficient (Wildman–Crippen LogP) is 2.70. The molecule has 1 aliphatic rings. The molecule has 1 unspecified atom stereocenters. The maximum atomic E-state index is 11.8. The number of methoxy groups -OCH3 is 2. The van der Waals surface area contributed by atoms with Crippen LogP contribution in [0.1, 0.15) is 22.3 Å². The van der Waals surface area contributed by atoms with Gasteiger partial charge in [0.1, 0.15) is 5.76 Å². The van der Waals surface area contributed by atoms with Gasteiger partial charge in [-0.15, -0.1) is 0 Å². The molecule has 0 aliphatic heterocycles. The zero-order chi connectivity index (χ0) is 17.5. The molecular weight excluding hydrogens is 314 g/mol. The van der Waals surface area contributed by atoms with Crippen LogP contribution in [-0.4, -0.2) is 31.9 Å². The fourth-order valence-corrected chi connectivity index (χ4v) is 2.59. The van der Waals surface area contributed by atoms with Crippen molar-refractivity contribution < 1.29 is 23.9 Å². The number of benzene rings is 1. The molecule has 0 radical (unpaired) electrons. The van der Waals surface area contributed by atoms with Gasteiger partial charge in [0.25, 0.3) is 5.70 Å². The Hall–Kier alpha value is -2.67. The normalized spacial score (nSPS) is 16.8. The molecule has 128 valence electrons. The molecule has 1 aromatic rings. The summed E-state index contributed by atoms with van der Waals surface area (Å²) >= 11 is 0. The number of carbonyl (C=O) groups is 1. The molecule has 24 heavy (non-hydrogen) atoms. The molecule has 0 aromatic heterocycles. The van der Waals surface area contributed by atoms with Crippen LogP contribution in [0.5, 0.6) is 0 Å². The number of nitro groups is 1. The van der Waals surface area contributed by atoms with E-state index in [-0.39, 0.29) is 18.4 Å². The second-order valence-electron chi connectivity index (χ2n) is 5.27. The van der Waals surface area contributed by atoms with Gasteiger partial charge >= 0.3 is 5.97 Å². The van der Waals surface area contributed by atoms with Gasteiger partial charge in [0.05, 0.1) is 29.6 Å². The molecule has 0 spiro atoms. The minimum atomic E-state index is -0.451. The Bertz CT molecular complexity index is 679. The van der Waals surface area contributed by atoms with Crippen molar-refractivity contribution in [2.45, 2.75) is 12.8 Å². The lowest BCUT2D eigenvalue weighted by molar-refractivity contribution is -0.434.